The van der Waals surface area contributed by atoms with Crippen LogP contribution in [-0.2, 0) is 6.54 Å². The van der Waals surface area contributed by atoms with Gasteiger partial charge in [-0.2, -0.15) is 5.26 Å². The lowest BCUT2D eigenvalue weighted by Gasteiger charge is -2.17. The fourth-order valence-electron chi connectivity index (χ4n) is 1.83. The molecule has 5 heteroatoms. The molecule has 0 N–H and O–H groups in total. The van der Waals surface area contributed by atoms with Crippen molar-refractivity contribution in [3.63, 3.8) is 0 Å². The Kier molecular flexibility index (Phi) is 4.49. The summed E-state index contributed by atoms with van der Waals surface area (Å²) in [6.45, 7) is 0.502. The third-order valence-electron chi connectivity index (χ3n) is 2.78. The Morgan fingerprint density at radius 3 is 2.90 bits per heavy atom. The molecule has 1 aromatic carbocycles. The van der Waals surface area contributed by atoms with Gasteiger partial charge >= 0.3 is 0 Å². The number of aromatic nitrogens is 1. The summed E-state index contributed by atoms with van der Waals surface area (Å²) in [5.74, 6) is -0.135. The standard InChI is InChI=1S/C15H12BrN3O/c1-19(10-11-3-2-4-13(16)7-11)15(20)12-5-6-18-14(8-12)9-17/h2-8H,10H2,1H3. The molecule has 0 saturated carbocycles. The molecule has 0 atom stereocenters. The summed E-state index contributed by atoms with van der Waals surface area (Å²) < 4.78 is 0.978. The number of rotatable bonds is 3. The van der Waals surface area contributed by atoms with Crippen molar-refractivity contribution < 1.29 is 4.79 Å². The van der Waals surface area contributed by atoms with Gasteiger partial charge in [0.2, 0.25) is 0 Å². The minimum absolute atomic E-state index is 0.135. The number of carbonyl (C=O) groups is 1. The van der Waals surface area contributed by atoms with Crippen LogP contribution in [-0.4, -0.2) is 22.8 Å². The highest BCUT2D eigenvalue weighted by Gasteiger charge is 2.13. The Hall–Kier alpha value is -2.19. The summed E-state index contributed by atoms with van der Waals surface area (Å²) >= 11 is 3.41. The van der Waals surface area contributed by atoms with Gasteiger partial charge in [0.1, 0.15) is 11.8 Å². The number of amides is 1. The second-order valence-corrected chi connectivity index (χ2v) is 5.25. The summed E-state index contributed by atoms with van der Waals surface area (Å²) in [7, 11) is 1.73. The number of nitriles is 1. The molecule has 0 aliphatic carbocycles. The van der Waals surface area contributed by atoms with E-state index in [0.29, 0.717) is 12.1 Å². The molecular formula is C15H12BrN3O. The molecule has 20 heavy (non-hydrogen) atoms. The van der Waals surface area contributed by atoms with E-state index < -0.39 is 0 Å². The Morgan fingerprint density at radius 1 is 1.40 bits per heavy atom. The van der Waals surface area contributed by atoms with Gasteiger partial charge in [0.15, 0.2) is 0 Å². The van der Waals surface area contributed by atoms with Gasteiger partial charge in [0.25, 0.3) is 5.91 Å². The number of carbonyl (C=O) groups excluding carboxylic acids is 1. The SMILES string of the molecule is CN(Cc1cccc(Br)c1)C(=O)c1ccnc(C#N)c1. The van der Waals surface area contributed by atoms with Crippen molar-refractivity contribution in [2.75, 3.05) is 7.05 Å². The lowest BCUT2D eigenvalue weighted by Crippen LogP contribution is -2.26. The average Bonchev–Trinajstić information content (AvgIpc) is 2.46. The predicted molar refractivity (Wildman–Crippen MR) is 78.9 cm³/mol. The first-order chi connectivity index (χ1) is 9.60. The molecule has 1 amide bonds. The minimum Gasteiger partial charge on any atom is -0.337 e. The van der Waals surface area contributed by atoms with E-state index in [-0.39, 0.29) is 11.6 Å². The molecule has 100 valence electrons. The molecule has 0 unspecified atom stereocenters. The van der Waals surface area contributed by atoms with E-state index in [1.165, 1.54) is 12.3 Å². The molecule has 1 aromatic heterocycles. The van der Waals surface area contributed by atoms with Gasteiger partial charge in [-0.1, -0.05) is 28.1 Å². The van der Waals surface area contributed by atoms with E-state index in [0.717, 1.165) is 10.0 Å². The van der Waals surface area contributed by atoms with Crippen LogP contribution in [0.1, 0.15) is 21.6 Å². The number of hydrogen-bond acceptors (Lipinski definition) is 3. The number of pyridine rings is 1. The van der Waals surface area contributed by atoms with Gasteiger partial charge in [-0.25, -0.2) is 4.98 Å². The van der Waals surface area contributed by atoms with Gasteiger partial charge in [-0.3, -0.25) is 4.79 Å². The van der Waals surface area contributed by atoms with Crippen molar-refractivity contribution >= 4 is 21.8 Å². The van der Waals surface area contributed by atoms with Crippen molar-refractivity contribution in [3.05, 3.63) is 63.9 Å². The molecule has 4 nitrogen and oxygen atoms in total. The Bertz CT molecular complexity index is 679. The summed E-state index contributed by atoms with van der Waals surface area (Å²) in [5.41, 5.74) is 1.74. The predicted octanol–water partition coefficient (Wildman–Crippen LogP) is 2.99. The zero-order valence-corrected chi connectivity index (χ0v) is 12.5. The molecule has 0 saturated heterocycles. The number of benzene rings is 1. The van der Waals surface area contributed by atoms with E-state index in [1.54, 1.807) is 18.0 Å². The lowest BCUT2D eigenvalue weighted by atomic mass is 10.2. The van der Waals surface area contributed by atoms with E-state index in [4.69, 9.17) is 5.26 Å². The fraction of sp³-hybridized carbons (Fsp3) is 0.133. The highest BCUT2D eigenvalue weighted by Crippen LogP contribution is 2.14. The Labute approximate surface area is 125 Å². The zero-order valence-electron chi connectivity index (χ0n) is 10.9. The van der Waals surface area contributed by atoms with Crippen LogP contribution in [0.2, 0.25) is 0 Å². The molecule has 0 spiro atoms. The minimum atomic E-state index is -0.135. The third kappa shape index (κ3) is 3.43. The van der Waals surface area contributed by atoms with Crippen LogP contribution in [0.4, 0.5) is 0 Å². The highest BCUT2D eigenvalue weighted by molar-refractivity contribution is 9.10. The van der Waals surface area contributed by atoms with E-state index in [1.807, 2.05) is 30.3 Å². The topological polar surface area (TPSA) is 57.0 Å². The smallest absolute Gasteiger partial charge is 0.254 e. The third-order valence-corrected chi connectivity index (χ3v) is 3.27. The maximum absolute atomic E-state index is 12.3. The highest BCUT2D eigenvalue weighted by atomic mass is 79.9. The first-order valence-corrected chi connectivity index (χ1v) is 6.75. The monoisotopic (exact) mass is 329 g/mol. The number of hydrogen-bond donors (Lipinski definition) is 0. The van der Waals surface area contributed by atoms with Gasteiger partial charge in [-0.15, -0.1) is 0 Å². The quantitative estimate of drug-likeness (QED) is 0.869. The first-order valence-electron chi connectivity index (χ1n) is 5.96. The average molecular weight is 330 g/mol. The Balaban J connectivity index is 2.14. The molecule has 0 aliphatic heterocycles. The van der Waals surface area contributed by atoms with Crippen molar-refractivity contribution in [2.24, 2.45) is 0 Å². The molecule has 1 heterocycles. The van der Waals surface area contributed by atoms with Gasteiger partial charge in [0, 0.05) is 29.8 Å². The summed E-state index contributed by atoms with van der Waals surface area (Å²) in [6.07, 6.45) is 1.47. The van der Waals surface area contributed by atoms with Gasteiger partial charge in [-0.05, 0) is 29.8 Å². The summed E-state index contributed by atoms with van der Waals surface area (Å²) in [6, 6.07) is 12.8. The molecular weight excluding hydrogens is 318 g/mol. The van der Waals surface area contributed by atoms with Crippen LogP contribution < -0.4 is 0 Å². The maximum Gasteiger partial charge on any atom is 0.254 e. The van der Waals surface area contributed by atoms with Crippen LogP contribution >= 0.6 is 15.9 Å². The van der Waals surface area contributed by atoms with Crippen molar-refractivity contribution in [1.29, 1.82) is 5.26 Å². The Morgan fingerprint density at radius 2 is 2.20 bits per heavy atom. The normalized spacial score (nSPS) is 9.85. The van der Waals surface area contributed by atoms with Crippen LogP contribution in [0.3, 0.4) is 0 Å². The summed E-state index contributed by atoms with van der Waals surface area (Å²) in [5, 5.41) is 8.81. The molecule has 0 bridgehead atoms. The molecule has 0 radical (unpaired) electrons. The largest absolute Gasteiger partial charge is 0.337 e. The van der Waals surface area contributed by atoms with E-state index in [9.17, 15) is 4.79 Å². The van der Waals surface area contributed by atoms with Crippen molar-refractivity contribution in [3.8, 4) is 6.07 Å². The summed E-state index contributed by atoms with van der Waals surface area (Å²) in [4.78, 5) is 17.7. The van der Waals surface area contributed by atoms with Crippen molar-refractivity contribution in [2.45, 2.75) is 6.54 Å². The van der Waals surface area contributed by atoms with Gasteiger partial charge < -0.3 is 4.90 Å². The van der Waals surface area contributed by atoms with Crippen LogP contribution in [0.5, 0.6) is 0 Å². The molecule has 0 fully saturated rings. The molecule has 2 rings (SSSR count). The fourth-order valence-corrected chi connectivity index (χ4v) is 2.27. The van der Waals surface area contributed by atoms with Crippen molar-refractivity contribution in [1.82, 2.24) is 9.88 Å². The van der Waals surface area contributed by atoms with E-state index in [2.05, 4.69) is 20.9 Å². The second kappa shape index (κ2) is 6.31. The van der Waals surface area contributed by atoms with Crippen LogP contribution in [0, 0.1) is 11.3 Å². The van der Waals surface area contributed by atoms with Crippen LogP contribution in [0.15, 0.2) is 47.1 Å². The molecule has 2 aromatic rings. The van der Waals surface area contributed by atoms with Gasteiger partial charge in [0.05, 0.1) is 0 Å². The zero-order chi connectivity index (χ0) is 14.5. The van der Waals surface area contributed by atoms with Crippen LogP contribution in [0.25, 0.3) is 0 Å². The van der Waals surface area contributed by atoms with E-state index >= 15 is 0 Å². The number of halogens is 1. The lowest BCUT2D eigenvalue weighted by molar-refractivity contribution is 0.0785. The molecule has 0 aliphatic rings. The number of nitrogens with zero attached hydrogens (tertiary/aromatic N) is 3. The maximum atomic E-state index is 12.3. The first kappa shape index (κ1) is 14.2. The second-order valence-electron chi connectivity index (χ2n) is 4.33.